The van der Waals surface area contributed by atoms with Gasteiger partial charge in [0.2, 0.25) is 5.78 Å². The van der Waals surface area contributed by atoms with Crippen LogP contribution in [0.5, 0.6) is 0 Å². The molecule has 1 aromatic carbocycles. The highest BCUT2D eigenvalue weighted by molar-refractivity contribution is 6.27. The Morgan fingerprint density at radius 1 is 0.968 bits per heavy atom. The van der Waals surface area contributed by atoms with E-state index in [4.69, 9.17) is 20.0 Å². The van der Waals surface area contributed by atoms with E-state index in [9.17, 15) is 24.0 Å². The number of esters is 2. The number of fused-ring (bicyclic) bond motifs is 2. The lowest BCUT2D eigenvalue weighted by Gasteiger charge is -2.11. The fourth-order valence-corrected chi connectivity index (χ4v) is 2.90. The second-order valence-corrected chi connectivity index (χ2v) is 6.66. The van der Waals surface area contributed by atoms with Crippen LogP contribution in [0.3, 0.4) is 0 Å². The summed E-state index contributed by atoms with van der Waals surface area (Å²) >= 11 is 0. The molecule has 31 heavy (non-hydrogen) atoms. The van der Waals surface area contributed by atoms with Crippen molar-refractivity contribution in [2.75, 3.05) is 19.8 Å². The third-order valence-electron chi connectivity index (χ3n) is 4.52. The lowest BCUT2D eigenvalue weighted by molar-refractivity contribution is -0.153. The van der Waals surface area contributed by atoms with Crippen LogP contribution >= 0.6 is 0 Å². The average molecular weight is 429 g/mol. The van der Waals surface area contributed by atoms with Crippen LogP contribution in [-0.4, -0.2) is 60.3 Å². The second kappa shape index (κ2) is 9.45. The van der Waals surface area contributed by atoms with E-state index in [2.05, 4.69) is 4.74 Å². The predicted octanol–water partition coefficient (Wildman–Crippen LogP) is 0.424. The van der Waals surface area contributed by atoms with Crippen molar-refractivity contribution in [3.8, 4) is 0 Å². The zero-order valence-corrected chi connectivity index (χ0v) is 16.3. The highest BCUT2D eigenvalue weighted by Crippen LogP contribution is 2.30. The Morgan fingerprint density at radius 2 is 1.61 bits per heavy atom. The van der Waals surface area contributed by atoms with Gasteiger partial charge in [-0.1, -0.05) is 24.3 Å². The first-order valence-corrected chi connectivity index (χ1v) is 9.37. The van der Waals surface area contributed by atoms with Gasteiger partial charge >= 0.3 is 11.9 Å². The number of hydrogen-bond acceptors (Lipinski definition) is 10. The molecule has 1 atom stereocenters. The molecule has 0 bridgehead atoms. The van der Waals surface area contributed by atoms with Gasteiger partial charge in [-0.25, -0.2) is 0 Å². The van der Waals surface area contributed by atoms with E-state index in [-0.39, 0.29) is 54.3 Å². The third kappa shape index (κ3) is 4.76. The van der Waals surface area contributed by atoms with Gasteiger partial charge in [-0.05, 0) is 6.07 Å². The molecule has 10 heteroatoms. The minimum absolute atomic E-state index is 0.0116. The maximum atomic E-state index is 12.6. The molecule has 3 N–H and O–H groups in total. The van der Waals surface area contributed by atoms with Gasteiger partial charge in [-0.3, -0.25) is 24.0 Å². The molecule has 1 aromatic heterocycles. The molecule has 1 heterocycles. The van der Waals surface area contributed by atoms with Crippen molar-refractivity contribution in [2.24, 2.45) is 5.73 Å². The molecular formula is C21H19NO9. The Morgan fingerprint density at radius 3 is 2.29 bits per heavy atom. The van der Waals surface area contributed by atoms with Crippen molar-refractivity contribution in [1.82, 2.24) is 0 Å². The largest absolute Gasteiger partial charge is 0.462 e. The Hall–Kier alpha value is -3.63. The highest BCUT2D eigenvalue weighted by atomic mass is 16.6. The second-order valence-electron chi connectivity index (χ2n) is 6.66. The number of rotatable bonds is 9. The number of hydrogen-bond donors (Lipinski definition) is 2. The van der Waals surface area contributed by atoms with Crippen LogP contribution in [0.25, 0.3) is 0 Å². The monoisotopic (exact) mass is 429 g/mol. The van der Waals surface area contributed by atoms with Gasteiger partial charge in [0.15, 0.2) is 23.1 Å². The van der Waals surface area contributed by atoms with E-state index in [1.165, 1.54) is 18.2 Å². The number of nitrogens with two attached hydrogens (primary N) is 1. The molecule has 2 aromatic rings. The van der Waals surface area contributed by atoms with Gasteiger partial charge in [-0.2, -0.15) is 0 Å². The number of ether oxygens (including phenoxy) is 2. The summed E-state index contributed by atoms with van der Waals surface area (Å²) in [6.45, 7) is -1.06. The van der Waals surface area contributed by atoms with Gasteiger partial charge in [-0.15, -0.1) is 0 Å². The third-order valence-corrected chi connectivity index (χ3v) is 4.52. The average Bonchev–Trinajstić information content (AvgIpc) is 3.24. The summed E-state index contributed by atoms with van der Waals surface area (Å²) in [5.41, 5.74) is 5.71. The molecule has 0 radical (unpaired) electrons. The van der Waals surface area contributed by atoms with Gasteiger partial charge in [0.05, 0.1) is 18.6 Å². The van der Waals surface area contributed by atoms with Crippen LogP contribution in [0.2, 0.25) is 0 Å². The molecule has 0 saturated heterocycles. The van der Waals surface area contributed by atoms with Crippen LogP contribution in [0.1, 0.15) is 55.4 Å². The minimum Gasteiger partial charge on any atom is -0.462 e. The van der Waals surface area contributed by atoms with Gasteiger partial charge in [0.1, 0.15) is 19.3 Å². The summed E-state index contributed by atoms with van der Waals surface area (Å²) < 4.78 is 14.9. The Balaban J connectivity index is 1.52. The molecule has 10 nitrogen and oxygen atoms in total. The first-order chi connectivity index (χ1) is 14.8. The minimum atomic E-state index is -1.17. The lowest BCUT2D eigenvalue weighted by atomic mass is 9.88. The van der Waals surface area contributed by atoms with E-state index in [1.807, 2.05) is 0 Å². The topological polar surface area (TPSA) is 163 Å². The fraction of sp³-hybridized carbons (Fsp3) is 0.286. The van der Waals surface area contributed by atoms with Crippen molar-refractivity contribution in [3.63, 3.8) is 0 Å². The Labute approximate surface area is 175 Å². The van der Waals surface area contributed by atoms with E-state index < -0.39 is 41.9 Å². The zero-order valence-electron chi connectivity index (χ0n) is 16.3. The smallest absolute Gasteiger partial charge is 0.325 e. The molecule has 0 fully saturated rings. The first-order valence-electron chi connectivity index (χ1n) is 9.37. The van der Waals surface area contributed by atoms with Crippen molar-refractivity contribution < 1.29 is 43.0 Å². The standard InChI is InChI=1S/C21H19NO9/c22-14(10-23)21(28)30-8-7-29-17(25)6-5-15(24)16-9-13-18(26)11-3-1-2-4-12(11)19(27)20(13)31-16/h1-4,9,14,23H,5-8,10,22H2/t14-/m0/s1. The summed E-state index contributed by atoms with van der Waals surface area (Å²) in [6, 6.07) is 6.33. The molecule has 0 saturated carbocycles. The highest BCUT2D eigenvalue weighted by Gasteiger charge is 2.34. The van der Waals surface area contributed by atoms with E-state index in [1.54, 1.807) is 12.1 Å². The van der Waals surface area contributed by atoms with Crippen molar-refractivity contribution in [1.29, 1.82) is 0 Å². The number of Topliss-reactive ketones (excluding diaryl/α,β-unsaturated/α-hetero) is 1. The maximum Gasteiger partial charge on any atom is 0.325 e. The van der Waals surface area contributed by atoms with Crippen LogP contribution in [0.15, 0.2) is 34.7 Å². The fourth-order valence-electron chi connectivity index (χ4n) is 2.90. The van der Waals surface area contributed by atoms with Crippen LogP contribution in [-0.2, 0) is 19.1 Å². The van der Waals surface area contributed by atoms with Gasteiger partial charge in [0.25, 0.3) is 0 Å². The number of ketones is 3. The molecular weight excluding hydrogens is 410 g/mol. The number of carbonyl (C=O) groups excluding carboxylic acids is 5. The quantitative estimate of drug-likeness (QED) is 0.277. The summed E-state index contributed by atoms with van der Waals surface area (Å²) in [5.74, 6) is -3.41. The van der Waals surface area contributed by atoms with E-state index in [0.29, 0.717) is 0 Å². The molecule has 1 aliphatic carbocycles. The number of furan rings is 1. The molecule has 0 amide bonds. The van der Waals surface area contributed by atoms with Crippen LogP contribution in [0, 0.1) is 0 Å². The molecule has 3 rings (SSSR count). The van der Waals surface area contributed by atoms with Crippen LogP contribution < -0.4 is 5.73 Å². The normalized spacial score (nSPS) is 13.2. The summed E-state index contributed by atoms with van der Waals surface area (Å²) in [5, 5.41) is 8.71. The number of aliphatic hydroxyl groups is 1. The van der Waals surface area contributed by atoms with Crippen LogP contribution in [0.4, 0.5) is 0 Å². The molecule has 0 unspecified atom stereocenters. The zero-order chi connectivity index (χ0) is 22.5. The van der Waals surface area contributed by atoms with Crippen molar-refractivity contribution >= 4 is 29.3 Å². The predicted molar refractivity (Wildman–Crippen MR) is 103 cm³/mol. The maximum absolute atomic E-state index is 12.6. The van der Waals surface area contributed by atoms with Gasteiger partial charge < -0.3 is 24.7 Å². The molecule has 1 aliphatic rings. The summed E-state index contributed by atoms with van der Waals surface area (Å²) in [6.07, 6.45) is -0.549. The number of carbonyl (C=O) groups is 5. The molecule has 0 spiro atoms. The number of aliphatic hydroxyl groups excluding tert-OH is 1. The Bertz CT molecular complexity index is 1000. The summed E-state index contributed by atoms with van der Waals surface area (Å²) in [7, 11) is 0. The Kier molecular flexibility index (Phi) is 6.73. The SMILES string of the molecule is N[C@@H](CO)C(=O)OCCOC(=O)CCC(=O)c1cc2c(o1)C(=O)c1ccccc1C2=O. The molecule has 162 valence electrons. The van der Waals surface area contributed by atoms with E-state index in [0.717, 1.165) is 0 Å². The number of benzene rings is 1. The van der Waals surface area contributed by atoms with Crippen molar-refractivity contribution in [3.05, 3.63) is 58.5 Å². The van der Waals surface area contributed by atoms with Crippen molar-refractivity contribution in [2.45, 2.75) is 18.9 Å². The lowest BCUT2D eigenvalue weighted by Crippen LogP contribution is -2.36. The summed E-state index contributed by atoms with van der Waals surface area (Å²) in [4.78, 5) is 60.4. The first kappa shape index (κ1) is 22.1. The van der Waals surface area contributed by atoms with Gasteiger partial charge in [0, 0.05) is 17.5 Å². The van der Waals surface area contributed by atoms with E-state index >= 15 is 0 Å². The molecule has 0 aliphatic heterocycles.